The SMILES string of the molecule is CCNC(=O)[C@@H](C)N(Cc1ccc(Cl)cc1)C(=O)CN(c1ccccc1OC)S(C)(=O)=O. The lowest BCUT2D eigenvalue weighted by Gasteiger charge is -2.31. The number of para-hydroxylation sites is 2. The number of anilines is 1. The summed E-state index contributed by atoms with van der Waals surface area (Å²) >= 11 is 5.95. The van der Waals surface area contributed by atoms with E-state index < -0.39 is 28.5 Å². The lowest BCUT2D eigenvalue weighted by molar-refractivity contribution is -0.139. The summed E-state index contributed by atoms with van der Waals surface area (Å²) in [6.07, 6.45) is 1.02. The van der Waals surface area contributed by atoms with Crippen LogP contribution < -0.4 is 14.4 Å². The molecule has 0 bridgehead atoms. The van der Waals surface area contributed by atoms with Gasteiger partial charge in [-0.2, -0.15) is 0 Å². The molecule has 1 atom stereocenters. The van der Waals surface area contributed by atoms with E-state index in [4.69, 9.17) is 16.3 Å². The van der Waals surface area contributed by atoms with Crippen molar-refractivity contribution < 1.29 is 22.7 Å². The highest BCUT2D eigenvalue weighted by atomic mass is 35.5. The molecular weight excluding hydrogens is 454 g/mol. The predicted molar refractivity (Wildman–Crippen MR) is 125 cm³/mol. The first-order valence-electron chi connectivity index (χ1n) is 10.0. The lowest BCUT2D eigenvalue weighted by atomic mass is 10.1. The molecule has 0 radical (unpaired) electrons. The molecule has 0 saturated heterocycles. The van der Waals surface area contributed by atoms with Crippen molar-refractivity contribution >= 4 is 39.1 Å². The average Bonchev–Trinajstić information content (AvgIpc) is 2.75. The number of likely N-dealkylation sites (N-methyl/N-ethyl adjacent to an activating group) is 1. The van der Waals surface area contributed by atoms with Crippen molar-refractivity contribution in [3.63, 3.8) is 0 Å². The summed E-state index contributed by atoms with van der Waals surface area (Å²) in [4.78, 5) is 27.2. The third kappa shape index (κ3) is 6.61. The normalized spacial score (nSPS) is 12.0. The second-order valence-corrected chi connectivity index (χ2v) is 9.50. The van der Waals surface area contributed by atoms with Gasteiger partial charge in [0.25, 0.3) is 0 Å². The van der Waals surface area contributed by atoms with Crippen molar-refractivity contribution in [3.8, 4) is 5.75 Å². The summed E-state index contributed by atoms with van der Waals surface area (Å²) < 4.78 is 31.4. The summed E-state index contributed by atoms with van der Waals surface area (Å²) in [5, 5.41) is 3.25. The van der Waals surface area contributed by atoms with Crippen molar-refractivity contribution in [2.24, 2.45) is 0 Å². The van der Waals surface area contributed by atoms with Gasteiger partial charge in [0, 0.05) is 18.1 Å². The zero-order chi connectivity index (χ0) is 23.9. The van der Waals surface area contributed by atoms with Gasteiger partial charge in [-0.3, -0.25) is 13.9 Å². The van der Waals surface area contributed by atoms with E-state index >= 15 is 0 Å². The monoisotopic (exact) mass is 481 g/mol. The maximum Gasteiger partial charge on any atom is 0.244 e. The molecule has 0 unspecified atom stereocenters. The molecule has 0 heterocycles. The van der Waals surface area contributed by atoms with Crippen molar-refractivity contribution in [2.45, 2.75) is 26.4 Å². The highest BCUT2D eigenvalue weighted by Crippen LogP contribution is 2.29. The Morgan fingerprint density at radius 3 is 2.31 bits per heavy atom. The Hall–Kier alpha value is -2.78. The molecule has 10 heteroatoms. The van der Waals surface area contributed by atoms with E-state index in [0.29, 0.717) is 17.3 Å². The van der Waals surface area contributed by atoms with Crippen molar-refractivity contribution in [3.05, 3.63) is 59.1 Å². The van der Waals surface area contributed by atoms with E-state index in [9.17, 15) is 18.0 Å². The van der Waals surface area contributed by atoms with E-state index in [-0.39, 0.29) is 18.1 Å². The Balaban J connectivity index is 2.41. The van der Waals surface area contributed by atoms with Gasteiger partial charge < -0.3 is 15.0 Å². The summed E-state index contributed by atoms with van der Waals surface area (Å²) in [7, 11) is -2.40. The molecule has 2 aromatic carbocycles. The number of rotatable bonds is 10. The molecule has 174 valence electrons. The van der Waals surface area contributed by atoms with Crippen molar-refractivity contribution in [2.75, 3.05) is 30.8 Å². The number of methoxy groups -OCH3 is 1. The molecule has 0 saturated carbocycles. The van der Waals surface area contributed by atoms with E-state index in [1.807, 2.05) is 0 Å². The van der Waals surface area contributed by atoms with Gasteiger partial charge in [0.2, 0.25) is 21.8 Å². The number of nitrogens with zero attached hydrogens (tertiary/aromatic N) is 2. The van der Waals surface area contributed by atoms with Crippen LogP contribution in [0.15, 0.2) is 48.5 Å². The zero-order valence-electron chi connectivity index (χ0n) is 18.5. The fourth-order valence-corrected chi connectivity index (χ4v) is 4.10. The minimum Gasteiger partial charge on any atom is -0.495 e. The first-order chi connectivity index (χ1) is 15.1. The number of carbonyl (C=O) groups is 2. The summed E-state index contributed by atoms with van der Waals surface area (Å²) in [6.45, 7) is 3.41. The number of hydrogen-bond acceptors (Lipinski definition) is 5. The summed E-state index contributed by atoms with van der Waals surface area (Å²) in [5.74, 6) is -0.556. The quantitative estimate of drug-likeness (QED) is 0.562. The topological polar surface area (TPSA) is 96.0 Å². The number of sulfonamides is 1. The molecule has 2 rings (SSSR count). The number of ether oxygens (including phenoxy) is 1. The van der Waals surface area contributed by atoms with Crippen LogP contribution in [0.2, 0.25) is 5.02 Å². The van der Waals surface area contributed by atoms with Gasteiger partial charge in [-0.1, -0.05) is 35.9 Å². The molecule has 0 fully saturated rings. The Labute approximate surface area is 194 Å². The molecule has 0 aliphatic rings. The maximum absolute atomic E-state index is 13.4. The van der Waals surface area contributed by atoms with Crippen LogP contribution in [0.5, 0.6) is 5.75 Å². The second-order valence-electron chi connectivity index (χ2n) is 7.16. The predicted octanol–water partition coefficient (Wildman–Crippen LogP) is 2.67. The third-order valence-corrected chi connectivity index (χ3v) is 6.20. The minimum atomic E-state index is -3.83. The van der Waals surface area contributed by atoms with Crippen LogP contribution in [0, 0.1) is 0 Å². The van der Waals surface area contributed by atoms with Crippen LogP contribution in [0.4, 0.5) is 5.69 Å². The van der Waals surface area contributed by atoms with Crippen molar-refractivity contribution in [1.82, 2.24) is 10.2 Å². The minimum absolute atomic E-state index is 0.109. The number of amides is 2. The molecule has 0 aliphatic heterocycles. The summed E-state index contributed by atoms with van der Waals surface area (Å²) in [5.41, 5.74) is 0.991. The number of carbonyl (C=O) groups excluding carboxylic acids is 2. The molecule has 32 heavy (non-hydrogen) atoms. The highest BCUT2D eigenvalue weighted by molar-refractivity contribution is 7.92. The van der Waals surface area contributed by atoms with Gasteiger partial charge in [-0.15, -0.1) is 0 Å². The number of benzene rings is 2. The van der Waals surface area contributed by atoms with Crippen LogP contribution in [0.1, 0.15) is 19.4 Å². The zero-order valence-corrected chi connectivity index (χ0v) is 20.1. The largest absolute Gasteiger partial charge is 0.495 e. The first kappa shape index (κ1) is 25.5. The molecule has 0 aromatic heterocycles. The Morgan fingerprint density at radius 2 is 1.75 bits per heavy atom. The van der Waals surface area contributed by atoms with Crippen LogP contribution in [0.3, 0.4) is 0 Å². The van der Waals surface area contributed by atoms with Crippen LogP contribution >= 0.6 is 11.6 Å². The molecular formula is C22H28ClN3O5S. The van der Waals surface area contributed by atoms with Crippen LogP contribution in [-0.4, -0.2) is 57.6 Å². The number of halogens is 1. The summed E-state index contributed by atoms with van der Waals surface area (Å²) in [6, 6.07) is 12.6. The van der Waals surface area contributed by atoms with Gasteiger partial charge in [0.1, 0.15) is 18.3 Å². The fraction of sp³-hybridized carbons (Fsp3) is 0.364. The average molecular weight is 482 g/mol. The second kappa shape index (κ2) is 11.2. The lowest BCUT2D eigenvalue weighted by Crippen LogP contribution is -2.51. The van der Waals surface area contributed by atoms with Crippen LogP contribution in [0.25, 0.3) is 0 Å². The van der Waals surface area contributed by atoms with Gasteiger partial charge in [-0.25, -0.2) is 8.42 Å². The molecule has 0 aliphatic carbocycles. The molecule has 2 aromatic rings. The fourth-order valence-electron chi connectivity index (χ4n) is 3.12. The molecule has 2 amide bonds. The Bertz CT molecular complexity index is 1040. The van der Waals surface area contributed by atoms with Crippen LogP contribution in [-0.2, 0) is 26.2 Å². The smallest absolute Gasteiger partial charge is 0.244 e. The Morgan fingerprint density at radius 1 is 1.12 bits per heavy atom. The molecule has 1 N–H and O–H groups in total. The third-order valence-electron chi connectivity index (χ3n) is 4.82. The van der Waals surface area contributed by atoms with Gasteiger partial charge in [0.05, 0.1) is 19.1 Å². The van der Waals surface area contributed by atoms with E-state index in [1.54, 1.807) is 62.4 Å². The standard InChI is InChI=1S/C22H28ClN3O5S/c1-5-24-22(28)16(2)25(14-17-10-12-18(23)13-11-17)21(27)15-26(32(4,29)30)19-8-6-7-9-20(19)31-3/h6-13,16H,5,14-15H2,1-4H3,(H,24,28)/t16-/m1/s1. The van der Waals surface area contributed by atoms with Gasteiger partial charge >= 0.3 is 0 Å². The van der Waals surface area contributed by atoms with Crippen molar-refractivity contribution in [1.29, 1.82) is 0 Å². The van der Waals surface area contributed by atoms with E-state index in [0.717, 1.165) is 16.1 Å². The first-order valence-corrected chi connectivity index (χ1v) is 12.2. The Kier molecular flexibility index (Phi) is 8.91. The molecule has 8 nitrogen and oxygen atoms in total. The van der Waals surface area contributed by atoms with E-state index in [2.05, 4.69) is 5.32 Å². The number of hydrogen-bond donors (Lipinski definition) is 1. The van der Waals surface area contributed by atoms with Gasteiger partial charge in [-0.05, 0) is 43.7 Å². The van der Waals surface area contributed by atoms with Gasteiger partial charge in [0.15, 0.2) is 0 Å². The van der Waals surface area contributed by atoms with E-state index in [1.165, 1.54) is 12.0 Å². The highest BCUT2D eigenvalue weighted by Gasteiger charge is 2.30. The maximum atomic E-state index is 13.4. The molecule has 0 spiro atoms. The number of nitrogens with one attached hydrogen (secondary N) is 1.